The third kappa shape index (κ3) is 3.97. The second kappa shape index (κ2) is 5.72. The number of rotatable bonds is 5. The molecule has 14 heavy (non-hydrogen) atoms. The molecule has 0 bridgehead atoms. The standard InChI is InChI=1S/C12H26N2/c1-10(2)12(4)13-11(3)9-14-7-5-6-8-14/h10-13H,5-9H2,1-4H3. The van der Waals surface area contributed by atoms with Crippen molar-refractivity contribution in [2.24, 2.45) is 5.92 Å². The number of hydrogen-bond acceptors (Lipinski definition) is 2. The fraction of sp³-hybridized carbons (Fsp3) is 1.00. The van der Waals surface area contributed by atoms with Gasteiger partial charge in [-0.2, -0.15) is 0 Å². The van der Waals surface area contributed by atoms with Crippen molar-refractivity contribution < 1.29 is 0 Å². The Kier molecular flexibility index (Phi) is 4.90. The molecule has 1 saturated heterocycles. The molecule has 0 radical (unpaired) electrons. The van der Waals surface area contributed by atoms with Crippen LogP contribution in [0.15, 0.2) is 0 Å². The Morgan fingerprint density at radius 2 is 1.64 bits per heavy atom. The van der Waals surface area contributed by atoms with Crippen molar-refractivity contribution in [1.29, 1.82) is 0 Å². The fourth-order valence-corrected chi connectivity index (χ4v) is 2.05. The van der Waals surface area contributed by atoms with Crippen LogP contribution in [0, 0.1) is 5.92 Å². The molecule has 0 spiro atoms. The summed E-state index contributed by atoms with van der Waals surface area (Å²) in [7, 11) is 0. The lowest BCUT2D eigenvalue weighted by molar-refractivity contribution is 0.275. The predicted molar refractivity (Wildman–Crippen MR) is 62.6 cm³/mol. The zero-order valence-corrected chi connectivity index (χ0v) is 10.2. The van der Waals surface area contributed by atoms with Crippen LogP contribution in [-0.4, -0.2) is 36.6 Å². The highest BCUT2D eigenvalue weighted by Gasteiger charge is 2.16. The average Bonchev–Trinajstić information content (AvgIpc) is 2.56. The first-order valence-corrected chi connectivity index (χ1v) is 6.08. The van der Waals surface area contributed by atoms with Gasteiger partial charge >= 0.3 is 0 Å². The van der Waals surface area contributed by atoms with Crippen LogP contribution in [0.5, 0.6) is 0 Å². The van der Waals surface area contributed by atoms with Gasteiger partial charge in [0.15, 0.2) is 0 Å². The Bertz CT molecular complexity index is 146. The Morgan fingerprint density at radius 3 is 2.14 bits per heavy atom. The number of nitrogens with one attached hydrogen (secondary N) is 1. The van der Waals surface area contributed by atoms with Gasteiger partial charge in [-0.05, 0) is 45.7 Å². The zero-order chi connectivity index (χ0) is 10.6. The largest absolute Gasteiger partial charge is 0.310 e. The Balaban J connectivity index is 2.17. The first-order valence-electron chi connectivity index (χ1n) is 6.08. The minimum atomic E-state index is 0.630. The Labute approximate surface area is 89.1 Å². The molecule has 1 N–H and O–H groups in total. The zero-order valence-electron chi connectivity index (χ0n) is 10.2. The van der Waals surface area contributed by atoms with E-state index < -0.39 is 0 Å². The van der Waals surface area contributed by atoms with Crippen LogP contribution in [0.3, 0.4) is 0 Å². The van der Waals surface area contributed by atoms with Crippen molar-refractivity contribution in [1.82, 2.24) is 10.2 Å². The highest BCUT2D eigenvalue weighted by atomic mass is 15.2. The van der Waals surface area contributed by atoms with Gasteiger partial charge in [-0.25, -0.2) is 0 Å². The second-order valence-electron chi connectivity index (χ2n) is 5.11. The minimum Gasteiger partial charge on any atom is -0.310 e. The van der Waals surface area contributed by atoms with E-state index >= 15 is 0 Å². The summed E-state index contributed by atoms with van der Waals surface area (Å²) in [6, 6.07) is 1.26. The van der Waals surface area contributed by atoms with Gasteiger partial charge in [0.25, 0.3) is 0 Å². The van der Waals surface area contributed by atoms with Gasteiger partial charge in [-0.3, -0.25) is 0 Å². The third-order valence-electron chi connectivity index (χ3n) is 3.28. The normalized spacial score (nSPS) is 22.9. The molecular weight excluding hydrogens is 172 g/mol. The van der Waals surface area contributed by atoms with E-state index in [2.05, 4.69) is 37.9 Å². The molecule has 84 valence electrons. The van der Waals surface area contributed by atoms with E-state index in [4.69, 9.17) is 0 Å². The molecule has 1 heterocycles. The van der Waals surface area contributed by atoms with Gasteiger partial charge < -0.3 is 10.2 Å². The van der Waals surface area contributed by atoms with E-state index in [1.807, 2.05) is 0 Å². The lowest BCUT2D eigenvalue weighted by atomic mass is 10.1. The van der Waals surface area contributed by atoms with Gasteiger partial charge in [-0.1, -0.05) is 13.8 Å². The summed E-state index contributed by atoms with van der Waals surface area (Å²) in [6.45, 7) is 13.0. The molecule has 2 heteroatoms. The molecule has 2 atom stereocenters. The molecule has 0 aromatic rings. The van der Waals surface area contributed by atoms with Crippen LogP contribution in [-0.2, 0) is 0 Å². The molecule has 0 amide bonds. The fourth-order valence-electron chi connectivity index (χ4n) is 2.05. The molecule has 0 aromatic carbocycles. The average molecular weight is 198 g/mol. The Morgan fingerprint density at radius 1 is 1.07 bits per heavy atom. The van der Waals surface area contributed by atoms with E-state index in [1.165, 1.54) is 32.5 Å². The second-order valence-corrected chi connectivity index (χ2v) is 5.11. The lowest BCUT2D eigenvalue weighted by Crippen LogP contribution is -2.44. The maximum absolute atomic E-state index is 3.66. The summed E-state index contributed by atoms with van der Waals surface area (Å²) in [4.78, 5) is 2.57. The first-order chi connectivity index (χ1) is 6.59. The van der Waals surface area contributed by atoms with Crippen LogP contribution in [0.25, 0.3) is 0 Å². The molecule has 1 aliphatic heterocycles. The number of likely N-dealkylation sites (tertiary alicyclic amines) is 1. The maximum Gasteiger partial charge on any atom is 0.0169 e. The van der Waals surface area contributed by atoms with Gasteiger partial charge in [0.2, 0.25) is 0 Å². The molecule has 0 aromatic heterocycles. The van der Waals surface area contributed by atoms with E-state index in [0.717, 1.165) is 5.92 Å². The van der Waals surface area contributed by atoms with Gasteiger partial charge in [0, 0.05) is 18.6 Å². The van der Waals surface area contributed by atoms with Crippen molar-refractivity contribution in [3.63, 3.8) is 0 Å². The van der Waals surface area contributed by atoms with E-state index in [0.29, 0.717) is 12.1 Å². The van der Waals surface area contributed by atoms with Crippen LogP contribution >= 0.6 is 0 Å². The van der Waals surface area contributed by atoms with Crippen molar-refractivity contribution in [3.05, 3.63) is 0 Å². The van der Waals surface area contributed by atoms with Crippen molar-refractivity contribution >= 4 is 0 Å². The van der Waals surface area contributed by atoms with Crippen LogP contribution in [0.2, 0.25) is 0 Å². The molecule has 2 unspecified atom stereocenters. The lowest BCUT2D eigenvalue weighted by Gasteiger charge is -2.26. The smallest absolute Gasteiger partial charge is 0.0169 e. The monoisotopic (exact) mass is 198 g/mol. The van der Waals surface area contributed by atoms with E-state index in [9.17, 15) is 0 Å². The minimum absolute atomic E-state index is 0.630. The van der Waals surface area contributed by atoms with E-state index in [-0.39, 0.29) is 0 Å². The van der Waals surface area contributed by atoms with Gasteiger partial charge in [0.1, 0.15) is 0 Å². The SMILES string of the molecule is CC(CN1CCCC1)NC(C)C(C)C. The molecule has 1 fully saturated rings. The van der Waals surface area contributed by atoms with Crippen molar-refractivity contribution in [2.45, 2.75) is 52.6 Å². The molecule has 2 nitrogen and oxygen atoms in total. The highest BCUT2D eigenvalue weighted by molar-refractivity contribution is 4.75. The van der Waals surface area contributed by atoms with Gasteiger partial charge in [0.05, 0.1) is 0 Å². The summed E-state index contributed by atoms with van der Waals surface area (Å²) in [5.41, 5.74) is 0. The molecule has 0 saturated carbocycles. The Hall–Kier alpha value is -0.0800. The summed E-state index contributed by atoms with van der Waals surface area (Å²) in [5, 5.41) is 3.66. The van der Waals surface area contributed by atoms with E-state index in [1.54, 1.807) is 0 Å². The summed E-state index contributed by atoms with van der Waals surface area (Å²) in [5.74, 6) is 0.732. The number of nitrogens with zero attached hydrogens (tertiary/aromatic N) is 1. The predicted octanol–water partition coefficient (Wildman–Crippen LogP) is 2.10. The van der Waals surface area contributed by atoms with Crippen molar-refractivity contribution in [2.75, 3.05) is 19.6 Å². The van der Waals surface area contributed by atoms with Crippen LogP contribution in [0.4, 0.5) is 0 Å². The van der Waals surface area contributed by atoms with Crippen molar-refractivity contribution in [3.8, 4) is 0 Å². The number of hydrogen-bond donors (Lipinski definition) is 1. The maximum atomic E-state index is 3.66. The highest BCUT2D eigenvalue weighted by Crippen LogP contribution is 2.08. The van der Waals surface area contributed by atoms with Crippen LogP contribution in [0.1, 0.15) is 40.5 Å². The molecule has 0 aliphatic carbocycles. The molecular formula is C12H26N2. The van der Waals surface area contributed by atoms with Gasteiger partial charge in [-0.15, -0.1) is 0 Å². The first kappa shape index (κ1) is 12.0. The van der Waals surface area contributed by atoms with Crippen LogP contribution < -0.4 is 5.32 Å². The summed E-state index contributed by atoms with van der Waals surface area (Å²) in [6.07, 6.45) is 2.79. The molecule has 1 rings (SSSR count). The summed E-state index contributed by atoms with van der Waals surface area (Å²) >= 11 is 0. The molecule has 1 aliphatic rings. The third-order valence-corrected chi connectivity index (χ3v) is 3.28. The quantitative estimate of drug-likeness (QED) is 0.728. The topological polar surface area (TPSA) is 15.3 Å². The summed E-state index contributed by atoms with van der Waals surface area (Å²) < 4.78 is 0.